The van der Waals surface area contributed by atoms with Crippen molar-refractivity contribution >= 4 is 15.1 Å². The van der Waals surface area contributed by atoms with Crippen LogP contribution in [0.15, 0.2) is 0 Å². The van der Waals surface area contributed by atoms with E-state index in [1.165, 1.54) is 0 Å². The molecule has 0 aliphatic heterocycles. The highest BCUT2D eigenvalue weighted by molar-refractivity contribution is 8.04. The Kier molecular flexibility index (Phi) is 1.49. The van der Waals surface area contributed by atoms with Crippen LogP contribution in [0.5, 0.6) is 0 Å². The van der Waals surface area contributed by atoms with E-state index in [1.807, 2.05) is 0 Å². The molecule has 0 atom stereocenters. The number of hydrogen-bond acceptors (Lipinski definition) is 3. The van der Waals surface area contributed by atoms with Gasteiger partial charge in [-0.1, -0.05) is 0 Å². The molecule has 42 valence electrons. The molecule has 0 aromatic heterocycles. The first-order valence-electron chi connectivity index (χ1n) is 1.48. The molecule has 0 aromatic carbocycles. The molecule has 0 saturated carbocycles. The van der Waals surface area contributed by atoms with Crippen molar-refractivity contribution in [3.05, 3.63) is 0 Å². The number of sulfonamides is 1. The van der Waals surface area contributed by atoms with Crippen LogP contribution in [0.25, 0.3) is 0 Å². The van der Waals surface area contributed by atoms with Crippen LogP contribution < -0.4 is 5.14 Å². The average Bonchev–Trinajstić information content (AvgIpc) is 1.31. The molecule has 7 heavy (non-hydrogen) atoms. The second-order valence-electron chi connectivity index (χ2n) is 1.04. The van der Waals surface area contributed by atoms with Crippen LogP contribution in [0.3, 0.4) is 0 Å². The molecule has 4 nitrogen and oxygen atoms in total. The van der Waals surface area contributed by atoms with Gasteiger partial charge in [0.1, 0.15) is 0 Å². The highest BCUT2D eigenvalue weighted by atomic mass is 32.2. The van der Waals surface area contributed by atoms with Gasteiger partial charge in [0.2, 0.25) is 0 Å². The van der Waals surface area contributed by atoms with Crippen LogP contribution in [0.1, 0.15) is 6.92 Å². The van der Waals surface area contributed by atoms with Gasteiger partial charge in [-0.3, -0.25) is 4.79 Å². The van der Waals surface area contributed by atoms with Crippen molar-refractivity contribution in [2.75, 3.05) is 0 Å². The molecule has 0 saturated heterocycles. The standard InChI is InChI=1S/C2H5NO3S/c1-2(4)7(3,5)6/h1H3,(H2,3,5,6). The van der Waals surface area contributed by atoms with Gasteiger partial charge in [0, 0.05) is 6.92 Å². The fourth-order valence-corrected chi connectivity index (χ4v) is 0. The molecule has 0 radical (unpaired) electrons. The molecule has 0 aromatic rings. The van der Waals surface area contributed by atoms with Gasteiger partial charge >= 0.3 is 0 Å². The predicted molar refractivity (Wildman–Crippen MR) is 23.8 cm³/mol. The first kappa shape index (κ1) is 6.58. The molecule has 0 aliphatic carbocycles. The highest BCUT2D eigenvalue weighted by Crippen LogP contribution is 1.74. The summed E-state index contributed by atoms with van der Waals surface area (Å²) >= 11 is 0. The van der Waals surface area contributed by atoms with Crippen molar-refractivity contribution in [1.29, 1.82) is 0 Å². The van der Waals surface area contributed by atoms with Gasteiger partial charge in [0.05, 0.1) is 0 Å². The molecule has 0 unspecified atom stereocenters. The maximum Gasteiger partial charge on any atom is 0.271 e. The van der Waals surface area contributed by atoms with Gasteiger partial charge in [0.25, 0.3) is 15.1 Å². The Balaban J connectivity index is 4.43. The molecular formula is C2H5NO3S. The van der Waals surface area contributed by atoms with E-state index in [9.17, 15) is 13.2 Å². The second kappa shape index (κ2) is 1.59. The van der Waals surface area contributed by atoms with Gasteiger partial charge in [-0.25, -0.2) is 13.6 Å². The van der Waals surface area contributed by atoms with Crippen molar-refractivity contribution in [3.63, 3.8) is 0 Å². The Morgan fingerprint density at radius 1 is 1.57 bits per heavy atom. The van der Waals surface area contributed by atoms with Gasteiger partial charge in [-0.15, -0.1) is 0 Å². The average molecular weight is 123 g/mol. The lowest BCUT2D eigenvalue weighted by Gasteiger charge is -1.81. The van der Waals surface area contributed by atoms with Crippen molar-refractivity contribution in [2.45, 2.75) is 6.92 Å². The zero-order valence-corrected chi connectivity index (χ0v) is 4.53. The molecule has 0 heterocycles. The zero-order valence-electron chi connectivity index (χ0n) is 3.71. The predicted octanol–water partition coefficient (Wildman–Crippen LogP) is -1.18. The van der Waals surface area contributed by atoms with Gasteiger partial charge in [0.15, 0.2) is 0 Å². The van der Waals surface area contributed by atoms with E-state index in [4.69, 9.17) is 0 Å². The number of carbonyl (C=O) groups is 1. The Bertz CT molecular complexity index is 167. The lowest BCUT2D eigenvalue weighted by Crippen LogP contribution is -2.19. The van der Waals surface area contributed by atoms with Crippen molar-refractivity contribution in [2.24, 2.45) is 5.14 Å². The van der Waals surface area contributed by atoms with E-state index in [1.54, 1.807) is 0 Å². The first-order chi connectivity index (χ1) is 2.94. The van der Waals surface area contributed by atoms with E-state index in [-0.39, 0.29) is 0 Å². The molecule has 0 rings (SSSR count). The third-order valence-electron chi connectivity index (χ3n) is 0.401. The van der Waals surface area contributed by atoms with Crippen LogP contribution in [0, 0.1) is 0 Å². The topological polar surface area (TPSA) is 77.2 Å². The molecule has 0 bridgehead atoms. The minimum absolute atomic E-state index is 0.898. The number of carbonyl (C=O) groups excluding carboxylic acids is 1. The summed E-state index contributed by atoms with van der Waals surface area (Å²) in [5.74, 6) is 0. The number of primary sulfonamides is 1. The summed E-state index contributed by atoms with van der Waals surface area (Å²) in [5.41, 5.74) is 0. The fourth-order valence-electron chi connectivity index (χ4n) is 0. The Hall–Kier alpha value is -0.420. The molecule has 0 spiro atoms. The maximum atomic E-state index is 9.76. The summed E-state index contributed by atoms with van der Waals surface area (Å²) in [7, 11) is -3.88. The van der Waals surface area contributed by atoms with Crippen molar-refractivity contribution in [3.8, 4) is 0 Å². The van der Waals surface area contributed by atoms with E-state index in [0.717, 1.165) is 6.92 Å². The summed E-state index contributed by atoms with van der Waals surface area (Å²) < 4.78 is 19.5. The molecule has 0 amide bonds. The molecule has 0 fully saturated rings. The van der Waals surface area contributed by atoms with Crippen LogP contribution >= 0.6 is 0 Å². The van der Waals surface area contributed by atoms with Crippen LogP contribution in [-0.4, -0.2) is 13.5 Å². The van der Waals surface area contributed by atoms with E-state index >= 15 is 0 Å². The van der Waals surface area contributed by atoms with Crippen LogP contribution in [0.4, 0.5) is 0 Å². The van der Waals surface area contributed by atoms with Gasteiger partial charge in [-0.05, 0) is 0 Å². The fraction of sp³-hybridized carbons (Fsp3) is 0.500. The van der Waals surface area contributed by atoms with Crippen molar-refractivity contribution < 1.29 is 13.2 Å². The summed E-state index contributed by atoms with van der Waals surface area (Å²) in [5, 5.41) is 3.29. The van der Waals surface area contributed by atoms with E-state index in [0.29, 0.717) is 0 Å². The number of hydrogen-bond donors (Lipinski definition) is 1. The third kappa shape index (κ3) is 2.30. The second-order valence-corrected chi connectivity index (χ2v) is 2.70. The molecule has 0 aliphatic rings. The highest BCUT2D eigenvalue weighted by Gasteiger charge is 2.06. The maximum absolute atomic E-state index is 9.76. The molecule has 2 N–H and O–H groups in total. The SMILES string of the molecule is CC(=O)S(N)(=O)=O. The van der Waals surface area contributed by atoms with Crippen LogP contribution in [0.2, 0.25) is 0 Å². The van der Waals surface area contributed by atoms with Gasteiger partial charge in [-0.2, -0.15) is 0 Å². The van der Waals surface area contributed by atoms with Crippen molar-refractivity contribution in [1.82, 2.24) is 0 Å². The number of nitrogens with two attached hydrogens (primary N) is 1. The Labute approximate surface area is 41.4 Å². The van der Waals surface area contributed by atoms with E-state index < -0.39 is 15.1 Å². The first-order valence-corrected chi connectivity index (χ1v) is 3.02. The lowest BCUT2D eigenvalue weighted by molar-refractivity contribution is -0.109. The zero-order chi connectivity index (χ0) is 6.08. The van der Waals surface area contributed by atoms with Crippen LogP contribution in [-0.2, 0) is 14.8 Å². The monoisotopic (exact) mass is 123 g/mol. The van der Waals surface area contributed by atoms with E-state index in [2.05, 4.69) is 5.14 Å². The van der Waals surface area contributed by atoms with Gasteiger partial charge < -0.3 is 0 Å². The Morgan fingerprint density at radius 3 is 1.71 bits per heavy atom. The molecule has 5 heteroatoms. The molecular weight excluding hydrogens is 118 g/mol. The Morgan fingerprint density at radius 2 is 1.71 bits per heavy atom. The normalized spacial score (nSPS) is 11.1. The summed E-state index contributed by atoms with van der Waals surface area (Å²) in [6.07, 6.45) is 0. The summed E-state index contributed by atoms with van der Waals surface area (Å²) in [6, 6.07) is 0. The summed E-state index contributed by atoms with van der Waals surface area (Å²) in [4.78, 5) is 9.75. The third-order valence-corrected chi connectivity index (χ3v) is 1.20. The minimum atomic E-state index is -3.88. The minimum Gasteiger partial charge on any atom is -0.281 e. The smallest absolute Gasteiger partial charge is 0.271 e. The quantitative estimate of drug-likeness (QED) is 0.440. The number of rotatable bonds is 0. The largest absolute Gasteiger partial charge is 0.281 e. The summed E-state index contributed by atoms with van der Waals surface area (Å²) in [6.45, 7) is 0.898. The lowest BCUT2D eigenvalue weighted by atomic mass is 10.9.